The molecule has 0 spiro atoms. The van der Waals surface area contributed by atoms with Crippen molar-refractivity contribution in [2.45, 2.75) is 32.8 Å². The minimum absolute atomic E-state index is 0.393. The fraction of sp³-hybridized carbons (Fsp3) is 0.647. The van der Waals surface area contributed by atoms with Gasteiger partial charge < -0.3 is 14.7 Å². The molecule has 1 N–H and O–H groups in total. The first kappa shape index (κ1) is 15.5. The van der Waals surface area contributed by atoms with E-state index in [1.807, 2.05) is 12.1 Å². The minimum Gasteiger partial charge on any atom is -0.387 e. The van der Waals surface area contributed by atoms with Crippen molar-refractivity contribution < 1.29 is 9.84 Å². The summed E-state index contributed by atoms with van der Waals surface area (Å²) >= 11 is 0. The Morgan fingerprint density at radius 1 is 1.25 bits per heavy atom. The molecule has 1 fully saturated rings. The van der Waals surface area contributed by atoms with Gasteiger partial charge in [0.1, 0.15) is 0 Å². The number of aliphatic hydroxyl groups excluding tert-OH is 1. The van der Waals surface area contributed by atoms with Crippen LogP contribution < -0.4 is 0 Å². The Morgan fingerprint density at radius 3 is 2.50 bits per heavy atom. The summed E-state index contributed by atoms with van der Waals surface area (Å²) in [5.41, 5.74) is 2.25. The van der Waals surface area contributed by atoms with Crippen LogP contribution >= 0.6 is 0 Å². The Morgan fingerprint density at radius 2 is 1.90 bits per heavy atom. The Labute approximate surface area is 122 Å². The molecule has 2 rings (SSSR count). The maximum absolute atomic E-state index is 10.4. The molecule has 1 aliphatic rings. The molecule has 0 radical (unpaired) electrons. The normalized spacial score (nSPS) is 18.4. The second kappa shape index (κ2) is 7.77. The Bertz CT molecular complexity index is 384. The molecule has 0 aliphatic carbocycles. The van der Waals surface area contributed by atoms with Crippen molar-refractivity contribution in [3.8, 4) is 0 Å². The van der Waals surface area contributed by atoms with E-state index in [-0.39, 0.29) is 0 Å². The van der Waals surface area contributed by atoms with Gasteiger partial charge in [0.05, 0.1) is 6.10 Å². The van der Waals surface area contributed by atoms with Gasteiger partial charge in [-0.25, -0.2) is 0 Å². The van der Waals surface area contributed by atoms with Crippen LogP contribution in [0, 0.1) is 12.8 Å². The van der Waals surface area contributed by atoms with Gasteiger partial charge in [0.15, 0.2) is 0 Å². The van der Waals surface area contributed by atoms with Crippen LogP contribution in [0.1, 0.15) is 37.0 Å². The molecular weight excluding hydrogens is 250 g/mol. The fourth-order valence-corrected chi connectivity index (χ4v) is 2.77. The van der Waals surface area contributed by atoms with Crippen LogP contribution in [-0.2, 0) is 4.74 Å². The van der Waals surface area contributed by atoms with E-state index in [1.54, 1.807) is 0 Å². The first-order valence-electron chi connectivity index (χ1n) is 7.73. The number of aliphatic hydroxyl groups is 1. The molecule has 3 heteroatoms. The molecule has 1 saturated heterocycles. The summed E-state index contributed by atoms with van der Waals surface area (Å²) in [7, 11) is 0. The highest BCUT2D eigenvalue weighted by molar-refractivity contribution is 5.23. The summed E-state index contributed by atoms with van der Waals surface area (Å²) in [6.07, 6.45) is 1.91. The third kappa shape index (κ3) is 4.58. The maximum Gasteiger partial charge on any atom is 0.0916 e. The third-order valence-corrected chi connectivity index (χ3v) is 4.20. The zero-order valence-corrected chi connectivity index (χ0v) is 12.7. The van der Waals surface area contributed by atoms with E-state index in [1.165, 1.54) is 5.56 Å². The summed E-state index contributed by atoms with van der Waals surface area (Å²) in [4.78, 5) is 2.36. The number of likely N-dealkylation sites (N-methyl/N-ethyl adjacent to an activating group) is 1. The van der Waals surface area contributed by atoms with E-state index in [0.717, 1.165) is 51.3 Å². The highest BCUT2D eigenvalue weighted by Crippen LogP contribution is 2.19. The molecule has 0 amide bonds. The van der Waals surface area contributed by atoms with Crippen LogP contribution in [0.5, 0.6) is 0 Å². The first-order chi connectivity index (χ1) is 9.69. The summed E-state index contributed by atoms with van der Waals surface area (Å²) in [5.74, 6) is 0.717. The van der Waals surface area contributed by atoms with Crippen molar-refractivity contribution in [1.82, 2.24) is 4.90 Å². The van der Waals surface area contributed by atoms with E-state index in [9.17, 15) is 5.11 Å². The van der Waals surface area contributed by atoms with Gasteiger partial charge in [0, 0.05) is 26.3 Å². The van der Waals surface area contributed by atoms with Gasteiger partial charge in [0.25, 0.3) is 0 Å². The standard InChI is InChI=1S/C17H27NO2/c1-3-18(12-15-8-10-20-11-9-15)13-17(19)16-6-4-14(2)5-7-16/h4-7,15,17,19H,3,8-13H2,1-2H3. The predicted molar refractivity (Wildman–Crippen MR) is 81.8 cm³/mol. The van der Waals surface area contributed by atoms with Crippen molar-refractivity contribution in [3.05, 3.63) is 35.4 Å². The van der Waals surface area contributed by atoms with Crippen molar-refractivity contribution in [2.75, 3.05) is 32.8 Å². The van der Waals surface area contributed by atoms with Crippen LogP contribution in [0.15, 0.2) is 24.3 Å². The summed E-state index contributed by atoms with van der Waals surface area (Å²) < 4.78 is 5.41. The SMILES string of the molecule is CCN(CC1CCOCC1)CC(O)c1ccc(C)cc1. The van der Waals surface area contributed by atoms with Crippen LogP contribution in [0.3, 0.4) is 0 Å². The molecule has 1 atom stereocenters. The monoisotopic (exact) mass is 277 g/mol. The van der Waals surface area contributed by atoms with Crippen LogP contribution in [0.2, 0.25) is 0 Å². The molecule has 0 aromatic heterocycles. The summed E-state index contributed by atoms with van der Waals surface area (Å²) in [5, 5.41) is 10.4. The van der Waals surface area contributed by atoms with Gasteiger partial charge in [-0.1, -0.05) is 36.8 Å². The molecule has 1 aliphatic heterocycles. The highest BCUT2D eigenvalue weighted by Gasteiger charge is 2.19. The van der Waals surface area contributed by atoms with Crippen LogP contribution in [-0.4, -0.2) is 42.9 Å². The number of aryl methyl sites for hydroxylation is 1. The largest absolute Gasteiger partial charge is 0.387 e. The molecule has 1 heterocycles. The molecule has 20 heavy (non-hydrogen) atoms. The number of rotatable bonds is 6. The number of benzene rings is 1. The van der Waals surface area contributed by atoms with E-state index in [4.69, 9.17) is 4.74 Å². The molecule has 3 nitrogen and oxygen atoms in total. The van der Waals surface area contributed by atoms with E-state index in [0.29, 0.717) is 5.92 Å². The van der Waals surface area contributed by atoms with Gasteiger partial charge >= 0.3 is 0 Å². The zero-order valence-electron chi connectivity index (χ0n) is 12.7. The number of hydrogen-bond acceptors (Lipinski definition) is 3. The summed E-state index contributed by atoms with van der Waals surface area (Å²) in [6, 6.07) is 8.19. The van der Waals surface area contributed by atoms with Crippen molar-refractivity contribution >= 4 is 0 Å². The van der Waals surface area contributed by atoms with Gasteiger partial charge in [-0.3, -0.25) is 0 Å². The lowest BCUT2D eigenvalue weighted by molar-refractivity contribution is 0.0432. The maximum atomic E-state index is 10.4. The Balaban J connectivity index is 1.86. The van der Waals surface area contributed by atoms with Crippen molar-refractivity contribution in [1.29, 1.82) is 0 Å². The van der Waals surface area contributed by atoms with Gasteiger partial charge in [0.2, 0.25) is 0 Å². The van der Waals surface area contributed by atoms with Crippen LogP contribution in [0.25, 0.3) is 0 Å². The van der Waals surface area contributed by atoms with Crippen molar-refractivity contribution in [2.24, 2.45) is 5.92 Å². The van der Waals surface area contributed by atoms with Gasteiger partial charge in [-0.15, -0.1) is 0 Å². The zero-order chi connectivity index (χ0) is 14.4. The topological polar surface area (TPSA) is 32.7 Å². The van der Waals surface area contributed by atoms with Crippen LogP contribution in [0.4, 0.5) is 0 Å². The highest BCUT2D eigenvalue weighted by atomic mass is 16.5. The molecule has 112 valence electrons. The lowest BCUT2D eigenvalue weighted by Crippen LogP contribution is -2.35. The minimum atomic E-state index is -0.393. The Hall–Kier alpha value is -0.900. The van der Waals surface area contributed by atoms with E-state index < -0.39 is 6.10 Å². The number of ether oxygens (including phenoxy) is 1. The molecule has 1 unspecified atom stereocenters. The number of nitrogens with zero attached hydrogens (tertiary/aromatic N) is 1. The lowest BCUT2D eigenvalue weighted by atomic mass is 9.99. The predicted octanol–water partition coefficient (Wildman–Crippen LogP) is 2.78. The second-order valence-electron chi connectivity index (χ2n) is 5.83. The second-order valence-corrected chi connectivity index (χ2v) is 5.83. The lowest BCUT2D eigenvalue weighted by Gasteiger charge is -2.30. The van der Waals surface area contributed by atoms with Gasteiger partial charge in [-0.05, 0) is 37.8 Å². The average molecular weight is 277 g/mol. The van der Waals surface area contributed by atoms with E-state index in [2.05, 4.69) is 30.9 Å². The third-order valence-electron chi connectivity index (χ3n) is 4.20. The summed E-state index contributed by atoms with van der Waals surface area (Å²) in [6.45, 7) is 8.80. The molecule has 1 aromatic rings. The molecule has 0 bridgehead atoms. The first-order valence-corrected chi connectivity index (χ1v) is 7.73. The molecule has 1 aromatic carbocycles. The average Bonchev–Trinajstić information content (AvgIpc) is 2.48. The Kier molecular flexibility index (Phi) is 6.02. The smallest absolute Gasteiger partial charge is 0.0916 e. The van der Waals surface area contributed by atoms with Crippen molar-refractivity contribution in [3.63, 3.8) is 0 Å². The van der Waals surface area contributed by atoms with E-state index >= 15 is 0 Å². The van der Waals surface area contributed by atoms with Gasteiger partial charge in [-0.2, -0.15) is 0 Å². The fourth-order valence-electron chi connectivity index (χ4n) is 2.77. The quantitative estimate of drug-likeness (QED) is 0.868. The molecular formula is C17H27NO2. The number of hydrogen-bond donors (Lipinski definition) is 1. The molecule has 0 saturated carbocycles.